The Kier molecular flexibility index (Phi) is 2.24. The first-order valence-corrected chi connectivity index (χ1v) is 4.39. The Bertz CT molecular complexity index is 548. The number of nitrogens with zero attached hydrogens (tertiary/aromatic N) is 1. The summed E-state index contributed by atoms with van der Waals surface area (Å²) in [6.07, 6.45) is 0. The fourth-order valence-corrected chi connectivity index (χ4v) is 1.30. The van der Waals surface area contributed by atoms with Gasteiger partial charge in [-0.3, -0.25) is 5.10 Å². The van der Waals surface area contributed by atoms with Crippen LogP contribution in [0.1, 0.15) is 10.5 Å². The molecule has 0 aliphatic rings. The van der Waals surface area contributed by atoms with E-state index in [1.807, 2.05) is 0 Å². The number of aromatic nitrogens is 2. The van der Waals surface area contributed by atoms with Crippen molar-refractivity contribution in [1.29, 1.82) is 0 Å². The molecule has 1 aromatic carbocycles. The van der Waals surface area contributed by atoms with Crippen molar-refractivity contribution < 1.29 is 20.1 Å². The molecule has 1 aromatic heterocycles. The summed E-state index contributed by atoms with van der Waals surface area (Å²) in [6, 6.07) is 5.21. The molecule has 0 saturated carbocycles. The smallest absolute Gasteiger partial charge is 0.353 e. The molecule has 0 saturated heterocycles. The third-order valence-corrected chi connectivity index (χ3v) is 2.06. The normalized spacial score (nSPS) is 10.2. The fourth-order valence-electron chi connectivity index (χ4n) is 1.30. The van der Waals surface area contributed by atoms with Gasteiger partial charge in [0.15, 0.2) is 0 Å². The number of carboxylic acids is 1. The summed E-state index contributed by atoms with van der Waals surface area (Å²) < 4.78 is 0. The summed E-state index contributed by atoms with van der Waals surface area (Å²) in [4.78, 5) is 10.6. The number of rotatable bonds is 2. The summed E-state index contributed by atoms with van der Waals surface area (Å²) >= 11 is 0. The second-order valence-electron chi connectivity index (χ2n) is 3.17. The lowest BCUT2D eigenvalue weighted by Crippen LogP contribution is -1.95. The van der Waals surface area contributed by atoms with Crippen molar-refractivity contribution in [3.8, 4) is 22.8 Å². The molecule has 0 amide bonds. The van der Waals surface area contributed by atoms with Crippen LogP contribution in [0.2, 0.25) is 0 Å². The number of benzene rings is 1. The zero-order valence-electron chi connectivity index (χ0n) is 8.01. The van der Waals surface area contributed by atoms with Crippen LogP contribution < -0.4 is 0 Å². The van der Waals surface area contributed by atoms with Crippen LogP contribution in [0.3, 0.4) is 0 Å². The quantitative estimate of drug-likeness (QED) is 0.568. The largest absolute Gasteiger partial charge is 0.508 e. The van der Waals surface area contributed by atoms with Crippen LogP contribution in [0.4, 0.5) is 0 Å². The van der Waals surface area contributed by atoms with Crippen LogP contribution in [0.5, 0.6) is 11.5 Å². The summed E-state index contributed by atoms with van der Waals surface area (Å²) in [5.74, 6) is -1.26. The predicted octanol–water partition coefficient (Wildman–Crippen LogP) is 1.19. The first kappa shape index (κ1) is 10.0. The number of phenols is 2. The molecule has 2 rings (SSSR count). The van der Waals surface area contributed by atoms with E-state index in [-0.39, 0.29) is 28.5 Å². The van der Waals surface area contributed by atoms with Crippen molar-refractivity contribution in [2.75, 3.05) is 0 Å². The van der Waals surface area contributed by atoms with Crippen molar-refractivity contribution in [2.45, 2.75) is 0 Å². The Morgan fingerprint density at radius 1 is 1.25 bits per heavy atom. The second-order valence-corrected chi connectivity index (χ2v) is 3.17. The topological polar surface area (TPSA) is 106 Å². The van der Waals surface area contributed by atoms with Gasteiger partial charge in [-0.1, -0.05) is 0 Å². The number of hydrogen-bond donors (Lipinski definition) is 4. The van der Waals surface area contributed by atoms with Gasteiger partial charge in [0.25, 0.3) is 0 Å². The average Bonchev–Trinajstić information content (AvgIpc) is 2.70. The van der Waals surface area contributed by atoms with E-state index >= 15 is 0 Å². The van der Waals surface area contributed by atoms with Crippen LogP contribution in [0.25, 0.3) is 11.3 Å². The van der Waals surface area contributed by atoms with Crippen molar-refractivity contribution in [2.24, 2.45) is 0 Å². The molecule has 4 N–H and O–H groups in total. The van der Waals surface area contributed by atoms with Gasteiger partial charge < -0.3 is 15.3 Å². The van der Waals surface area contributed by atoms with E-state index in [2.05, 4.69) is 10.2 Å². The van der Waals surface area contributed by atoms with Crippen molar-refractivity contribution in [3.05, 3.63) is 30.0 Å². The van der Waals surface area contributed by atoms with Gasteiger partial charge in [0.2, 0.25) is 0 Å². The van der Waals surface area contributed by atoms with E-state index in [0.717, 1.165) is 0 Å². The monoisotopic (exact) mass is 220 g/mol. The number of phenolic OH excluding ortho intramolecular Hbond substituents is 2. The summed E-state index contributed by atoms with van der Waals surface area (Å²) in [5.41, 5.74) is 0.437. The minimum atomic E-state index is -1.14. The van der Waals surface area contributed by atoms with Crippen LogP contribution in [0.15, 0.2) is 24.3 Å². The number of hydrogen-bond acceptors (Lipinski definition) is 4. The lowest BCUT2D eigenvalue weighted by Gasteiger charge is -2.00. The number of nitrogens with one attached hydrogen (secondary N) is 1. The Balaban J connectivity index is 2.50. The van der Waals surface area contributed by atoms with Crippen LogP contribution in [-0.2, 0) is 0 Å². The van der Waals surface area contributed by atoms with E-state index in [9.17, 15) is 15.0 Å². The standard InChI is InChI=1S/C10H8N2O4/c13-5-1-2-9(14)6(3-5)7-4-8(10(15)16)12-11-7/h1-4,13-14H,(H,11,12)(H,15,16). The van der Waals surface area contributed by atoms with Crippen molar-refractivity contribution in [1.82, 2.24) is 10.2 Å². The molecule has 0 aliphatic carbocycles. The van der Waals surface area contributed by atoms with Crippen molar-refractivity contribution in [3.63, 3.8) is 0 Å². The molecule has 0 aliphatic heterocycles. The number of carbonyl (C=O) groups is 1. The Morgan fingerprint density at radius 2 is 2.00 bits per heavy atom. The molecule has 0 fully saturated rings. The van der Waals surface area contributed by atoms with Gasteiger partial charge in [-0.25, -0.2) is 4.79 Å². The number of aromatic carboxylic acids is 1. The zero-order chi connectivity index (χ0) is 11.7. The Hall–Kier alpha value is -2.50. The average molecular weight is 220 g/mol. The van der Waals surface area contributed by atoms with Crippen LogP contribution in [0, 0.1) is 0 Å². The highest BCUT2D eigenvalue weighted by molar-refractivity contribution is 5.87. The van der Waals surface area contributed by atoms with E-state index in [4.69, 9.17) is 5.11 Å². The minimum Gasteiger partial charge on any atom is -0.508 e. The lowest BCUT2D eigenvalue weighted by atomic mass is 10.1. The molecule has 0 atom stereocenters. The zero-order valence-corrected chi connectivity index (χ0v) is 8.01. The third kappa shape index (κ3) is 1.68. The second kappa shape index (κ2) is 3.58. The maximum atomic E-state index is 10.6. The van der Waals surface area contributed by atoms with Crippen molar-refractivity contribution >= 4 is 5.97 Å². The molecule has 82 valence electrons. The van der Waals surface area contributed by atoms with E-state index in [1.165, 1.54) is 24.3 Å². The Labute approximate surface area is 89.8 Å². The molecule has 2 aromatic rings. The molecule has 0 unspecified atom stereocenters. The van der Waals surface area contributed by atoms with E-state index < -0.39 is 5.97 Å². The van der Waals surface area contributed by atoms with Gasteiger partial charge in [-0.2, -0.15) is 5.10 Å². The number of carboxylic acid groups (broad SMARTS) is 1. The van der Waals surface area contributed by atoms with E-state index in [1.54, 1.807) is 0 Å². The molecular weight excluding hydrogens is 212 g/mol. The maximum absolute atomic E-state index is 10.6. The van der Waals surface area contributed by atoms with E-state index in [0.29, 0.717) is 0 Å². The van der Waals surface area contributed by atoms with Crippen LogP contribution in [-0.4, -0.2) is 31.5 Å². The number of aromatic hydroxyl groups is 2. The highest BCUT2D eigenvalue weighted by atomic mass is 16.4. The molecule has 1 heterocycles. The SMILES string of the molecule is O=C(O)c1cc(-c2cc(O)ccc2O)n[nH]1. The fraction of sp³-hybridized carbons (Fsp3) is 0. The molecule has 16 heavy (non-hydrogen) atoms. The van der Waals surface area contributed by atoms with Gasteiger partial charge in [-0.15, -0.1) is 0 Å². The summed E-state index contributed by atoms with van der Waals surface area (Å²) in [7, 11) is 0. The van der Waals surface area contributed by atoms with Gasteiger partial charge in [-0.05, 0) is 24.3 Å². The molecule has 0 radical (unpaired) electrons. The number of H-pyrrole nitrogens is 1. The minimum absolute atomic E-state index is 0.0346. The highest BCUT2D eigenvalue weighted by Crippen LogP contribution is 2.31. The molecule has 0 spiro atoms. The lowest BCUT2D eigenvalue weighted by molar-refractivity contribution is 0.0690. The molecule has 0 bridgehead atoms. The summed E-state index contributed by atoms with van der Waals surface area (Å²) in [6.45, 7) is 0. The van der Waals surface area contributed by atoms with Crippen LogP contribution >= 0.6 is 0 Å². The molecule has 6 nitrogen and oxygen atoms in total. The first-order chi connectivity index (χ1) is 7.58. The third-order valence-electron chi connectivity index (χ3n) is 2.06. The van der Waals surface area contributed by atoms with Gasteiger partial charge >= 0.3 is 5.97 Å². The first-order valence-electron chi connectivity index (χ1n) is 4.39. The molecular formula is C10H8N2O4. The van der Waals surface area contributed by atoms with Gasteiger partial charge in [0.1, 0.15) is 17.2 Å². The molecule has 6 heteroatoms. The van der Waals surface area contributed by atoms with Gasteiger partial charge in [0, 0.05) is 5.56 Å². The summed E-state index contributed by atoms with van der Waals surface area (Å²) in [5, 5.41) is 33.5. The van der Waals surface area contributed by atoms with Gasteiger partial charge in [0.05, 0.1) is 5.69 Å². The number of aromatic amines is 1. The Morgan fingerprint density at radius 3 is 2.62 bits per heavy atom. The maximum Gasteiger partial charge on any atom is 0.353 e. The predicted molar refractivity (Wildman–Crippen MR) is 54.3 cm³/mol. The highest BCUT2D eigenvalue weighted by Gasteiger charge is 2.12.